The summed E-state index contributed by atoms with van der Waals surface area (Å²) in [5.41, 5.74) is -1.39. The molecule has 1 heterocycles. The molecule has 0 aliphatic carbocycles. The first-order valence-corrected chi connectivity index (χ1v) is 5.48. The predicted molar refractivity (Wildman–Crippen MR) is 60.6 cm³/mol. The van der Waals surface area contributed by atoms with Crippen molar-refractivity contribution < 1.29 is 32.2 Å². The molecule has 0 fully saturated rings. The highest BCUT2D eigenvalue weighted by Crippen LogP contribution is 2.22. The Kier molecular flexibility index (Phi) is 5.00. The van der Waals surface area contributed by atoms with Crippen molar-refractivity contribution in [3.63, 3.8) is 0 Å². The standard InChI is InChI=1S/C11H12F3NO5/c1-3-19-8(16)4-6-9(17)7(20-11(12,13)14)5-15-10(6)18-2/h5H,3-4H2,1-2H3,(H,15,17). The molecule has 0 aliphatic rings. The molecule has 20 heavy (non-hydrogen) atoms. The van der Waals surface area contributed by atoms with Gasteiger partial charge in [-0.05, 0) is 6.92 Å². The van der Waals surface area contributed by atoms with Gasteiger partial charge in [0.25, 0.3) is 0 Å². The van der Waals surface area contributed by atoms with Gasteiger partial charge >= 0.3 is 12.3 Å². The summed E-state index contributed by atoms with van der Waals surface area (Å²) in [4.78, 5) is 25.5. The number of pyridine rings is 1. The van der Waals surface area contributed by atoms with Crippen molar-refractivity contribution in [1.29, 1.82) is 0 Å². The van der Waals surface area contributed by atoms with Crippen LogP contribution >= 0.6 is 0 Å². The Balaban J connectivity index is 3.16. The third-order valence-electron chi connectivity index (χ3n) is 2.16. The van der Waals surface area contributed by atoms with E-state index in [9.17, 15) is 22.8 Å². The maximum Gasteiger partial charge on any atom is 0.573 e. The number of methoxy groups -OCH3 is 1. The van der Waals surface area contributed by atoms with Crippen molar-refractivity contribution >= 4 is 5.97 Å². The number of alkyl halides is 3. The molecule has 6 nitrogen and oxygen atoms in total. The van der Waals surface area contributed by atoms with Gasteiger partial charge in [0, 0.05) is 0 Å². The summed E-state index contributed by atoms with van der Waals surface area (Å²) in [5, 5.41) is 0. The van der Waals surface area contributed by atoms with Gasteiger partial charge in [0.05, 0.1) is 31.9 Å². The Hall–Kier alpha value is -2.19. The van der Waals surface area contributed by atoms with Crippen molar-refractivity contribution in [2.75, 3.05) is 13.7 Å². The van der Waals surface area contributed by atoms with E-state index >= 15 is 0 Å². The summed E-state index contributed by atoms with van der Waals surface area (Å²) in [6, 6.07) is 0. The number of aromatic nitrogens is 1. The van der Waals surface area contributed by atoms with Crippen LogP contribution in [-0.2, 0) is 16.0 Å². The Labute approximate surface area is 111 Å². The lowest BCUT2D eigenvalue weighted by Crippen LogP contribution is -2.25. The number of H-pyrrole nitrogens is 1. The lowest BCUT2D eigenvalue weighted by molar-refractivity contribution is -0.275. The number of ether oxygens (including phenoxy) is 3. The minimum absolute atomic E-state index is 0.0811. The zero-order valence-electron chi connectivity index (χ0n) is 10.7. The molecule has 0 aromatic carbocycles. The molecule has 1 N–H and O–H groups in total. The first kappa shape index (κ1) is 15.9. The maximum atomic E-state index is 12.1. The summed E-state index contributed by atoms with van der Waals surface area (Å²) < 4.78 is 49.3. The van der Waals surface area contributed by atoms with Crippen LogP contribution in [0.4, 0.5) is 13.2 Å². The molecule has 0 unspecified atom stereocenters. The summed E-state index contributed by atoms with van der Waals surface area (Å²) in [6.07, 6.45) is -4.83. The molecule has 0 aliphatic heterocycles. The fourth-order valence-corrected chi connectivity index (χ4v) is 1.44. The van der Waals surface area contributed by atoms with Crippen molar-refractivity contribution in [3.05, 3.63) is 22.0 Å². The quantitative estimate of drug-likeness (QED) is 0.831. The van der Waals surface area contributed by atoms with Crippen LogP contribution in [-0.4, -0.2) is 31.0 Å². The van der Waals surface area contributed by atoms with Gasteiger partial charge < -0.3 is 19.2 Å². The van der Waals surface area contributed by atoms with Crippen LogP contribution < -0.4 is 14.9 Å². The van der Waals surface area contributed by atoms with Crippen molar-refractivity contribution in [2.24, 2.45) is 0 Å². The van der Waals surface area contributed by atoms with Crippen LogP contribution in [0.25, 0.3) is 0 Å². The summed E-state index contributed by atoms with van der Waals surface area (Å²) in [5.74, 6) is -1.87. The third kappa shape index (κ3) is 4.18. The highest BCUT2D eigenvalue weighted by atomic mass is 19.4. The second-order valence-electron chi connectivity index (χ2n) is 3.52. The average Bonchev–Trinajstić information content (AvgIpc) is 2.33. The molecule has 9 heteroatoms. The van der Waals surface area contributed by atoms with Crippen LogP contribution in [0.15, 0.2) is 11.0 Å². The number of esters is 1. The van der Waals surface area contributed by atoms with Crippen molar-refractivity contribution in [3.8, 4) is 11.6 Å². The number of hydrogen-bond acceptors (Lipinski definition) is 5. The Morgan fingerprint density at radius 1 is 1.40 bits per heavy atom. The molecule has 0 radical (unpaired) electrons. The summed E-state index contributed by atoms with van der Waals surface area (Å²) in [7, 11) is 1.20. The third-order valence-corrected chi connectivity index (χ3v) is 2.16. The molecule has 0 amide bonds. The Bertz CT molecular complexity index is 538. The molecule has 1 aromatic rings. The second-order valence-corrected chi connectivity index (χ2v) is 3.52. The van der Waals surface area contributed by atoms with Gasteiger partial charge in [0.15, 0.2) is 11.6 Å². The first-order chi connectivity index (χ1) is 9.28. The topological polar surface area (TPSA) is 77.6 Å². The van der Waals surface area contributed by atoms with Crippen LogP contribution in [0, 0.1) is 0 Å². The molecule has 0 spiro atoms. The van der Waals surface area contributed by atoms with E-state index < -0.39 is 29.9 Å². The van der Waals surface area contributed by atoms with Crippen LogP contribution in [0.2, 0.25) is 0 Å². The van der Waals surface area contributed by atoms with E-state index in [2.05, 4.69) is 14.5 Å². The average molecular weight is 295 g/mol. The Morgan fingerprint density at radius 2 is 2.05 bits per heavy atom. The maximum absolute atomic E-state index is 12.1. The number of carbonyl (C=O) groups is 1. The van der Waals surface area contributed by atoms with E-state index in [4.69, 9.17) is 4.74 Å². The smallest absolute Gasteiger partial charge is 0.482 e. The van der Waals surface area contributed by atoms with Crippen LogP contribution in [0.1, 0.15) is 12.5 Å². The minimum atomic E-state index is -5.01. The van der Waals surface area contributed by atoms with Gasteiger partial charge in [-0.2, -0.15) is 0 Å². The number of rotatable bonds is 5. The second kappa shape index (κ2) is 6.31. The fourth-order valence-electron chi connectivity index (χ4n) is 1.44. The normalized spacial score (nSPS) is 11.1. The monoisotopic (exact) mass is 295 g/mol. The van der Waals surface area contributed by atoms with E-state index in [1.165, 1.54) is 7.11 Å². The van der Waals surface area contributed by atoms with E-state index in [-0.39, 0.29) is 18.1 Å². The predicted octanol–water partition coefficient (Wildman–Crippen LogP) is 1.39. The number of carbonyl (C=O) groups excluding carboxylic acids is 1. The number of aromatic amines is 1. The number of halogens is 3. The molecule has 0 bridgehead atoms. The minimum Gasteiger partial charge on any atom is -0.482 e. The van der Waals surface area contributed by atoms with E-state index in [1.807, 2.05) is 0 Å². The summed E-state index contributed by atoms with van der Waals surface area (Å²) in [6.45, 7) is 1.64. The highest BCUT2D eigenvalue weighted by Gasteiger charge is 2.33. The van der Waals surface area contributed by atoms with E-state index in [0.717, 1.165) is 0 Å². The molecule has 0 saturated heterocycles. The van der Waals surface area contributed by atoms with E-state index in [1.54, 1.807) is 6.92 Å². The van der Waals surface area contributed by atoms with Gasteiger partial charge in [0.2, 0.25) is 5.43 Å². The molecule has 1 rings (SSSR count). The number of hydrogen-bond donors (Lipinski definition) is 1. The lowest BCUT2D eigenvalue weighted by Gasteiger charge is -2.11. The molecule has 1 aromatic heterocycles. The van der Waals surface area contributed by atoms with Crippen LogP contribution in [0.5, 0.6) is 11.6 Å². The molecular weight excluding hydrogens is 283 g/mol. The van der Waals surface area contributed by atoms with Crippen LogP contribution in [0.3, 0.4) is 0 Å². The zero-order chi connectivity index (χ0) is 15.3. The van der Waals surface area contributed by atoms with Gasteiger partial charge in [0.1, 0.15) is 0 Å². The Morgan fingerprint density at radius 3 is 2.55 bits per heavy atom. The van der Waals surface area contributed by atoms with E-state index in [0.29, 0.717) is 6.20 Å². The highest BCUT2D eigenvalue weighted by molar-refractivity contribution is 5.73. The van der Waals surface area contributed by atoms with Gasteiger partial charge in [-0.3, -0.25) is 9.59 Å². The van der Waals surface area contributed by atoms with Gasteiger partial charge in [-0.15, -0.1) is 13.2 Å². The fraction of sp³-hybridized carbons (Fsp3) is 0.455. The van der Waals surface area contributed by atoms with Gasteiger partial charge in [-0.25, -0.2) is 0 Å². The lowest BCUT2D eigenvalue weighted by atomic mass is 10.2. The molecule has 0 saturated carbocycles. The largest absolute Gasteiger partial charge is 0.573 e. The first-order valence-electron chi connectivity index (χ1n) is 5.48. The number of nitrogens with one attached hydrogen (secondary N) is 1. The SMILES string of the molecule is CCOC(=O)Cc1c(OC)[nH]cc(OC(F)(F)F)c1=O. The zero-order valence-corrected chi connectivity index (χ0v) is 10.7. The molecular formula is C11H12F3NO5. The van der Waals surface area contributed by atoms with Gasteiger partial charge in [-0.1, -0.05) is 0 Å². The van der Waals surface area contributed by atoms with Crippen molar-refractivity contribution in [2.45, 2.75) is 19.7 Å². The molecule has 0 atom stereocenters. The van der Waals surface area contributed by atoms with Crippen molar-refractivity contribution in [1.82, 2.24) is 4.98 Å². The molecule has 112 valence electrons. The summed E-state index contributed by atoms with van der Waals surface area (Å²) >= 11 is 0.